The number of nitrogens with one attached hydrogen (secondary N) is 1. The summed E-state index contributed by atoms with van der Waals surface area (Å²) in [5, 5.41) is 15.2. The van der Waals surface area contributed by atoms with Gasteiger partial charge in [-0.25, -0.2) is 14.0 Å². The number of esters is 2. The fourth-order valence-electron chi connectivity index (χ4n) is 5.71. The van der Waals surface area contributed by atoms with Gasteiger partial charge in [-0.15, -0.1) is 11.3 Å². The van der Waals surface area contributed by atoms with E-state index in [1.807, 2.05) is 0 Å². The summed E-state index contributed by atoms with van der Waals surface area (Å²) in [5.74, 6) is -0.551. The van der Waals surface area contributed by atoms with Crippen molar-refractivity contribution in [3.63, 3.8) is 0 Å². The highest BCUT2D eigenvalue weighted by atomic mass is 35.5. The van der Waals surface area contributed by atoms with Crippen molar-refractivity contribution in [3.8, 4) is 11.5 Å². The van der Waals surface area contributed by atoms with Crippen molar-refractivity contribution in [1.29, 1.82) is 0 Å². The fraction of sp³-hybridized carbons (Fsp3) is 0.361. The number of methoxy groups -OCH3 is 2. The molecule has 4 aromatic rings. The van der Waals surface area contributed by atoms with E-state index >= 15 is 0 Å². The molecule has 5 rings (SSSR count). The first-order chi connectivity index (χ1) is 24.1. The van der Waals surface area contributed by atoms with E-state index in [1.165, 1.54) is 44.0 Å². The number of ether oxygens (including phenoxy) is 4. The van der Waals surface area contributed by atoms with Crippen LogP contribution in [0.3, 0.4) is 0 Å². The molecular formula is C36H38Cl2FN3O7S. The van der Waals surface area contributed by atoms with Gasteiger partial charge < -0.3 is 29.1 Å². The van der Waals surface area contributed by atoms with Crippen molar-refractivity contribution in [2.75, 3.05) is 41.0 Å². The third kappa shape index (κ3) is 9.43. The molecule has 1 aliphatic rings. The van der Waals surface area contributed by atoms with E-state index in [9.17, 15) is 19.2 Å². The first kappa shape index (κ1) is 37.3. The normalized spacial score (nSPS) is 14.9. The van der Waals surface area contributed by atoms with Crippen LogP contribution in [0.1, 0.15) is 56.2 Å². The van der Waals surface area contributed by atoms with E-state index in [4.69, 9.17) is 42.1 Å². The molecule has 0 saturated carbocycles. The average Bonchev–Trinajstić information content (AvgIpc) is 3.58. The van der Waals surface area contributed by atoms with Crippen molar-refractivity contribution in [3.05, 3.63) is 115 Å². The second kappa shape index (κ2) is 17.3. The maximum atomic E-state index is 14.9. The first-order valence-electron chi connectivity index (χ1n) is 16.0. The minimum atomic E-state index is -1.05. The number of hydrogen-bond acceptors (Lipinski definition) is 10. The van der Waals surface area contributed by atoms with Crippen LogP contribution in [0.2, 0.25) is 10.0 Å². The van der Waals surface area contributed by atoms with E-state index in [1.54, 1.807) is 48.5 Å². The molecule has 0 amide bonds. The second-order valence-corrected chi connectivity index (χ2v) is 14.0. The predicted octanol–water partition coefficient (Wildman–Crippen LogP) is 6.70. The van der Waals surface area contributed by atoms with Gasteiger partial charge in [0, 0.05) is 29.0 Å². The Balaban J connectivity index is 1.31. The fourth-order valence-corrected chi connectivity index (χ4v) is 7.15. The van der Waals surface area contributed by atoms with Gasteiger partial charge in [-0.2, -0.15) is 4.73 Å². The highest BCUT2D eigenvalue weighted by molar-refractivity contribution is 7.13. The van der Waals surface area contributed by atoms with E-state index in [-0.39, 0.29) is 41.1 Å². The molecule has 0 radical (unpaired) electrons. The molecule has 3 heterocycles. The molecule has 2 aromatic heterocycles. The Morgan fingerprint density at radius 3 is 2.42 bits per heavy atom. The molecule has 266 valence electrons. The number of piperidine rings is 1. The lowest BCUT2D eigenvalue weighted by Crippen LogP contribution is -2.35. The Morgan fingerprint density at radius 1 is 1.04 bits per heavy atom. The molecule has 0 bridgehead atoms. The minimum absolute atomic E-state index is 0.0590. The highest BCUT2D eigenvalue weighted by Gasteiger charge is 2.28. The number of halogens is 3. The van der Waals surface area contributed by atoms with Crippen LogP contribution < -0.4 is 19.5 Å². The summed E-state index contributed by atoms with van der Waals surface area (Å²) in [6, 6.07) is 13.5. The molecule has 14 heteroatoms. The zero-order valence-electron chi connectivity index (χ0n) is 27.8. The van der Waals surface area contributed by atoms with Gasteiger partial charge >= 0.3 is 11.9 Å². The van der Waals surface area contributed by atoms with Crippen molar-refractivity contribution in [2.45, 2.75) is 38.0 Å². The Morgan fingerprint density at radius 2 is 1.74 bits per heavy atom. The first-order valence-corrected chi connectivity index (χ1v) is 17.5. The van der Waals surface area contributed by atoms with Gasteiger partial charge in [0.1, 0.15) is 32.9 Å². The van der Waals surface area contributed by atoms with Crippen LogP contribution in [0, 0.1) is 16.9 Å². The third-order valence-electron chi connectivity index (χ3n) is 8.57. The molecule has 10 nitrogen and oxygen atoms in total. The van der Waals surface area contributed by atoms with Crippen molar-refractivity contribution >= 4 is 46.5 Å². The molecule has 0 aliphatic carbocycles. The number of carbonyl (C=O) groups excluding carboxylic acids is 2. The lowest BCUT2D eigenvalue weighted by Gasteiger charge is -2.29. The van der Waals surface area contributed by atoms with Crippen LogP contribution in [0.4, 0.5) is 4.39 Å². The quantitative estimate of drug-likeness (QED) is 0.0856. The van der Waals surface area contributed by atoms with Crippen LogP contribution in [-0.2, 0) is 27.2 Å². The van der Waals surface area contributed by atoms with Crippen LogP contribution in [-0.4, -0.2) is 57.8 Å². The summed E-state index contributed by atoms with van der Waals surface area (Å²) in [5.41, 5.74) is 1.17. The maximum Gasteiger partial charge on any atom is 0.348 e. The monoisotopic (exact) mass is 745 g/mol. The van der Waals surface area contributed by atoms with Gasteiger partial charge in [0.25, 0.3) is 0 Å². The number of hydrogen-bond donors (Lipinski definition) is 1. The van der Waals surface area contributed by atoms with Gasteiger partial charge in [0.2, 0.25) is 0 Å². The summed E-state index contributed by atoms with van der Waals surface area (Å²) in [4.78, 5) is 30.1. The topological polar surface area (TPSA) is 113 Å². The van der Waals surface area contributed by atoms with Gasteiger partial charge in [0.05, 0.1) is 20.8 Å². The Bertz CT molecular complexity index is 1780. The molecule has 1 N–H and O–H groups in total. The lowest BCUT2D eigenvalue weighted by molar-refractivity contribution is -0.605. The van der Waals surface area contributed by atoms with E-state index in [0.29, 0.717) is 37.1 Å². The van der Waals surface area contributed by atoms with Crippen LogP contribution in [0.25, 0.3) is 0 Å². The number of rotatable bonds is 14. The summed E-state index contributed by atoms with van der Waals surface area (Å²) >= 11 is 13.9. The summed E-state index contributed by atoms with van der Waals surface area (Å²) in [6.07, 6.45) is 3.38. The molecule has 2 aromatic carbocycles. The van der Waals surface area contributed by atoms with Crippen molar-refractivity contribution in [1.82, 2.24) is 10.2 Å². The van der Waals surface area contributed by atoms with E-state index < -0.39 is 29.9 Å². The van der Waals surface area contributed by atoms with E-state index in [0.717, 1.165) is 25.9 Å². The van der Waals surface area contributed by atoms with Gasteiger partial charge in [0.15, 0.2) is 23.9 Å². The van der Waals surface area contributed by atoms with Crippen molar-refractivity contribution in [2.24, 2.45) is 5.92 Å². The number of thiophene rings is 1. The number of pyridine rings is 1. The molecule has 2 atom stereocenters. The van der Waals surface area contributed by atoms with E-state index in [2.05, 4.69) is 17.3 Å². The largest absolute Gasteiger partial charge is 0.619 e. The molecule has 0 spiro atoms. The van der Waals surface area contributed by atoms with Crippen LogP contribution >= 0.6 is 34.5 Å². The standard InChI is InChI=1S/C36H38Cl2FN3O7S/c1-41-14-12-22(13-15-41)21-48-36(44)34(25-6-4-5-7-29(25)39)40-18-24-9-11-33(50-24)35(43)49-31(17-26-27(37)19-42(45)20-28(26)38)23-8-10-30(46-2)32(16-23)47-3/h4-11,16,19-20,22,31,34,40H,12-15,17-18,21H2,1-3H3. The summed E-state index contributed by atoms with van der Waals surface area (Å²) in [6.45, 7) is 2.30. The van der Waals surface area contributed by atoms with Gasteiger partial charge in [-0.3, -0.25) is 5.32 Å². The molecule has 2 unspecified atom stereocenters. The summed E-state index contributed by atoms with van der Waals surface area (Å²) < 4.78 is 37.9. The SMILES string of the molecule is COc1ccc(C(Cc2c(Cl)c[n+]([O-])cc2Cl)OC(=O)c2ccc(CNC(C(=O)OCC3CCN(C)CC3)c3ccccc3F)s2)cc1OC. The number of nitrogens with zero attached hydrogens (tertiary/aromatic N) is 2. The minimum Gasteiger partial charge on any atom is -0.619 e. The average molecular weight is 747 g/mol. The smallest absolute Gasteiger partial charge is 0.348 e. The molecule has 1 fully saturated rings. The Labute approximate surface area is 304 Å². The maximum absolute atomic E-state index is 14.9. The van der Waals surface area contributed by atoms with Gasteiger partial charge in [-0.1, -0.05) is 47.5 Å². The van der Waals surface area contributed by atoms with Crippen LogP contribution in [0.5, 0.6) is 11.5 Å². The number of benzene rings is 2. The van der Waals surface area contributed by atoms with Gasteiger partial charge in [-0.05, 0) is 74.8 Å². The molecular weight excluding hydrogens is 708 g/mol. The number of carbonyl (C=O) groups is 2. The zero-order valence-corrected chi connectivity index (χ0v) is 30.2. The lowest BCUT2D eigenvalue weighted by atomic mass is 9.98. The van der Waals surface area contributed by atoms with Crippen molar-refractivity contribution < 1.29 is 37.7 Å². The molecule has 1 saturated heterocycles. The summed E-state index contributed by atoms with van der Waals surface area (Å²) in [7, 11) is 5.07. The van der Waals surface area contributed by atoms with Crippen LogP contribution in [0.15, 0.2) is 67.0 Å². The molecule has 50 heavy (non-hydrogen) atoms. The number of likely N-dealkylation sites (tertiary alicyclic amines) is 1. The highest BCUT2D eigenvalue weighted by Crippen LogP contribution is 2.36. The third-order valence-corrected chi connectivity index (χ3v) is 10.3. The zero-order chi connectivity index (χ0) is 35.8. The second-order valence-electron chi connectivity index (χ2n) is 12.0. The predicted molar refractivity (Wildman–Crippen MR) is 188 cm³/mol. The number of aromatic nitrogens is 1. The molecule has 1 aliphatic heterocycles. The Kier molecular flexibility index (Phi) is 12.9. The Hall–Kier alpha value is -3.94.